The van der Waals surface area contributed by atoms with E-state index in [2.05, 4.69) is 6.08 Å². The van der Waals surface area contributed by atoms with Crippen molar-refractivity contribution in [2.75, 3.05) is 7.11 Å². The number of ether oxygens (including phenoxy) is 2. The summed E-state index contributed by atoms with van der Waals surface area (Å²) < 4.78 is 11.7. The Morgan fingerprint density at radius 1 is 1.21 bits per heavy atom. The molecule has 6 heteroatoms. The molecule has 0 bridgehead atoms. The molecule has 2 aromatic rings. The number of rotatable bonds is 4. The van der Waals surface area contributed by atoms with Crippen LogP contribution in [0.25, 0.3) is 6.08 Å². The lowest BCUT2D eigenvalue weighted by molar-refractivity contribution is -0.122. The van der Waals surface area contributed by atoms with Crippen LogP contribution in [0.3, 0.4) is 0 Å². The van der Waals surface area contributed by atoms with Gasteiger partial charge in [-0.25, -0.2) is 0 Å². The molecule has 0 aliphatic carbocycles. The van der Waals surface area contributed by atoms with Crippen LogP contribution in [0.4, 0.5) is 0 Å². The maximum Gasteiger partial charge on any atom is 0.266 e. The first-order valence-electron chi connectivity index (χ1n) is 8.91. The van der Waals surface area contributed by atoms with Crippen molar-refractivity contribution in [1.82, 2.24) is 4.90 Å². The van der Waals surface area contributed by atoms with Gasteiger partial charge in [0, 0.05) is 5.56 Å². The Kier molecular flexibility index (Phi) is 5.24. The van der Waals surface area contributed by atoms with E-state index in [9.17, 15) is 4.79 Å². The Hall–Kier alpha value is -2.57. The summed E-state index contributed by atoms with van der Waals surface area (Å²) in [6.07, 6.45) is 3.84. The molecular weight excluding hydrogens is 390 g/mol. The molecule has 0 radical (unpaired) electrons. The summed E-state index contributed by atoms with van der Waals surface area (Å²) >= 11 is 6.79. The zero-order chi connectivity index (χ0) is 19.7. The minimum absolute atomic E-state index is 0.0715. The number of benzene rings is 2. The zero-order valence-corrected chi connectivity index (χ0v) is 17.2. The number of thiocarbonyl (C=S) groups is 1. The van der Waals surface area contributed by atoms with E-state index in [4.69, 9.17) is 21.7 Å². The Morgan fingerprint density at radius 2 is 1.96 bits per heavy atom. The molecule has 2 aliphatic rings. The first kappa shape index (κ1) is 18.8. The van der Waals surface area contributed by atoms with Crippen LogP contribution in [0.1, 0.15) is 18.1 Å². The van der Waals surface area contributed by atoms with Gasteiger partial charge in [-0.2, -0.15) is 0 Å². The van der Waals surface area contributed by atoms with Crippen LogP contribution in [-0.2, 0) is 11.3 Å². The van der Waals surface area contributed by atoms with Crippen LogP contribution in [-0.4, -0.2) is 28.3 Å². The van der Waals surface area contributed by atoms with E-state index in [0.29, 0.717) is 15.8 Å². The molecule has 2 heterocycles. The monoisotopic (exact) mass is 409 g/mol. The topological polar surface area (TPSA) is 38.8 Å². The minimum atomic E-state index is -0.125. The summed E-state index contributed by atoms with van der Waals surface area (Å²) in [5.74, 6) is 1.57. The lowest BCUT2D eigenvalue weighted by atomic mass is 10.0. The van der Waals surface area contributed by atoms with Crippen LogP contribution in [0.5, 0.6) is 11.5 Å². The average molecular weight is 410 g/mol. The highest BCUT2D eigenvalue weighted by molar-refractivity contribution is 8.26. The fourth-order valence-electron chi connectivity index (χ4n) is 3.12. The van der Waals surface area contributed by atoms with Crippen LogP contribution in [0.15, 0.2) is 65.1 Å². The molecule has 1 fully saturated rings. The van der Waals surface area contributed by atoms with E-state index >= 15 is 0 Å². The van der Waals surface area contributed by atoms with E-state index in [1.807, 2.05) is 61.5 Å². The third kappa shape index (κ3) is 3.70. The fourth-order valence-corrected chi connectivity index (χ4v) is 4.38. The quantitative estimate of drug-likeness (QED) is 0.536. The molecule has 2 aromatic carbocycles. The van der Waals surface area contributed by atoms with Crippen molar-refractivity contribution in [3.63, 3.8) is 0 Å². The molecule has 0 N–H and O–H groups in total. The lowest BCUT2D eigenvalue weighted by Crippen LogP contribution is -2.27. The van der Waals surface area contributed by atoms with Gasteiger partial charge in [-0.15, -0.1) is 0 Å². The van der Waals surface area contributed by atoms with Gasteiger partial charge in [0.2, 0.25) is 0 Å². The van der Waals surface area contributed by atoms with Gasteiger partial charge in [0.25, 0.3) is 5.91 Å². The second-order valence-electron chi connectivity index (χ2n) is 6.56. The number of para-hydroxylation sites is 1. The summed E-state index contributed by atoms with van der Waals surface area (Å²) in [6, 6.07) is 15.5. The van der Waals surface area contributed by atoms with Crippen molar-refractivity contribution in [3.05, 3.63) is 76.2 Å². The van der Waals surface area contributed by atoms with Crippen LogP contribution in [0.2, 0.25) is 0 Å². The summed E-state index contributed by atoms with van der Waals surface area (Å²) in [6.45, 7) is 2.43. The van der Waals surface area contributed by atoms with Gasteiger partial charge in [-0.05, 0) is 48.4 Å². The van der Waals surface area contributed by atoms with Gasteiger partial charge in [0.15, 0.2) is 0 Å². The smallest absolute Gasteiger partial charge is 0.266 e. The van der Waals surface area contributed by atoms with E-state index in [1.54, 1.807) is 12.0 Å². The number of amides is 1. The SMILES string of the molecule is COc1ccc(CN2C(=O)/C(=C\C3=Cc4ccccc4OC3C)SC2=S)cc1. The van der Waals surface area contributed by atoms with Gasteiger partial charge in [0.05, 0.1) is 18.6 Å². The summed E-state index contributed by atoms with van der Waals surface area (Å²) in [5, 5.41) is 0. The van der Waals surface area contributed by atoms with Gasteiger partial charge < -0.3 is 9.47 Å². The summed E-state index contributed by atoms with van der Waals surface area (Å²) in [7, 11) is 1.63. The summed E-state index contributed by atoms with van der Waals surface area (Å²) in [4.78, 5) is 15.2. The van der Waals surface area contributed by atoms with Crippen LogP contribution < -0.4 is 9.47 Å². The van der Waals surface area contributed by atoms with E-state index in [-0.39, 0.29) is 12.0 Å². The summed E-state index contributed by atoms with van der Waals surface area (Å²) in [5.41, 5.74) is 2.98. The molecule has 0 saturated carbocycles. The maximum atomic E-state index is 12.9. The zero-order valence-electron chi connectivity index (χ0n) is 15.5. The Morgan fingerprint density at radius 3 is 2.71 bits per heavy atom. The molecule has 1 unspecified atom stereocenters. The fraction of sp³-hybridized carbons (Fsp3) is 0.182. The van der Waals surface area contributed by atoms with Crippen LogP contribution in [0, 0.1) is 0 Å². The predicted octanol–water partition coefficient (Wildman–Crippen LogP) is 4.80. The number of thioether (sulfide) groups is 1. The highest BCUT2D eigenvalue weighted by Gasteiger charge is 2.33. The van der Waals surface area contributed by atoms with Gasteiger partial charge in [-0.3, -0.25) is 9.69 Å². The molecule has 142 valence electrons. The molecule has 0 spiro atoms. The van der Waals surface area contributed by atoms with E-state index in [1.165, 1.54) is 11.8 Å². The normalized spacial score (nSPS) is 20.1. The third-order valence-electron chi connectivity index (χ3n) is 4.69. The molecule has 4 nitrogen and oxygen atoms in total. The van der Waals surface area contributed by atoms with Crippen LogP contribution >= 0.6 is 24.0 Å². The first-order chi connectivity index (χ1) is 13.5. The van der Waals surface area contributed by atoms with Gasteiger partial charge in [0.1, 0.15) is 21.9 Å². The molecule has 1 atom stereocenters. The van der Waals surface area contributed by atoms with Gasteiger partial charge >= 0.3 is 0 Å². The van der Waals surface area contributed by atoms with E-state index in [0.717, 1.165) is 28.2 Å². The van der Waals surface area contributed by atoms with Crippen molar-refractivity contribution >= 4 is 40.3 Å². The Balaban J connectivity index is 1.55. The molecule has 1 saturated heterocycles. The second-order valence-corrected chi connectivity index (χ2v) is 8.23. The number of methoxy groups -OCH3 is 1. The number of nitrogens with zero attached hydrogens (tertiary/aromatic N) is 1. The molecule has 4 rings (SSSR count). The lowest BCUT2D eigenvalue weighted by Gasteiger charge is -2.23. The third-order valence-corrected chi connectivity index (χ3v) is 6.06. The van der Waals surface area contributed by atoms with Crippen molar-refractivity contribution in [1.29, 1.82) is 0 Å². The second kappa shape index (κ2) is 7.81. The Labute approximate surface area is 173 Å². The van der Waals surface area contributed by atoms with Crippen molar-refractivity contribution in [2.24, 2.45) is 0 Å². The van der Waals surface area contributed by atoms with Crippen molar-refractivity contribution in [2.45, 2.75) is 19.6 Å². The predicted molar refractivity (Wildman–Crippen MR) is 116 cm³/mol. The molecule has 0 aromatic heterocycles. The average Bonchev–Trinajstić information content (AvgIpc) is 2.96. The number of fused-ring (bicyclic) bond motifs is 1. The number of hydrogen-bond acceptors (Lipinski definition) is 5. The molecular formula is C22H19NO3S2. The number of carbonyl (C=O) groups is 1. The molecule has 28 heavy (non-hydrogen) atoms. The number of carbonyl (C=O) groups excluding carboxylic acids is 1. The standard InChI is InChI=1S/C22H19NO3S2/c1-14-17(11-16-5-3-4-6-19(16)26-14)12-20-21(24)23(22(27)28-20)13-15-7-9-18(25-2)10-8-15/h3-12,14H,13H2,1-2H3/b20-12+. The van der Waals surface area contributed by atoms with Crippen molar-refractivity contribution in [3.8, 4) is 11.5 Å². The van der Waals surface area contributed by atoms with E-state index < -0.39 is 0 Å². The Bertz CT molecular complexity index is 995. The van der Waals surface area contributed by atoms with Crippen molar-refractivity contribution < 1.29 is 14.3 Å². The molecule has 1 amide bonds. The first-order valence-corrected chi connectivity index (χ1v) is 10.1. The molecule has 2 aliphatic heterocycles. The maximum absolute atomic E-state index is 12.9. The number of hydrogen-bond donors (Lipinski definition) is 0. The largest absolute Gasteiger partial charge is 0.497 e. The highest BCUT2D eigenvalue weighted by atomic mass is 32.2. The minimum Gasteiger partial charge on any atom is -0.497 e. The highest BCUT2D eigenvalue weighted by Crippen LogP contribution is 2.36. The van der Waals surface area contributed by atoms with Gasteiger partial charge in [-0.1, -0.05) is 54.3 Å².